The van der Waals surface area contributed by atoms with Gasteiger partial charge >= 0.3 is 5.97 Å². The first-order valence-corrected chi connectivity index (χ1v) is 6.69. The number of ketones is 1. The minimum atomic E-state index is -0.309. The first-order valence-electron chi connectivity index (χ1n) is 6.69. The molecule has 17 heavy (non-hydrogen) atoms. The smallest absolute Gasteiger partial charge is 0.310 e. The lowest BCUT2D eigenvalue weighted by atomic mass is 9.78. The number of carbonyl (C=O) groups excluding carboxylic acids is 2. The number of hydrogen-bond acceptors (Lipinski definition) is 3. The van der Waals surface area contributed by atoms with Crippen LogP contribution in [0, 0.1) is 17.3 Å². The highest BCUT2D eigenvalue weighted by atomic mass is 16.6. The van der Waals surface area contributed by atoms with E-state index in [-0.39, 0.29) is 29.2 Å². The molecule has 1 aliphatic heterocycles. The molecule has 2 rings (SSSR count). The number of ether oxygens (including phenoxy) is 1. The summed E-state index contributed by atoms with van der Waals surface area (Å²) in [5, 5.41) is 0. The molecule has 1 saturated heterocycles. The van der Waals surface area contributed by atoms with Gasteiger partial charge < -0.3 is 4.74 Å². The van der Waals surface area contributed by atoms with Gasteiger partial charge in [-0.25, -0.2) is 0 Å². The lowest BCUT2D eigenvalue weighted by Gasteiger charge is -2.23. The first kappa shape index (κ1) is 12.6. The summed E-state index contributed by atoms with van der Waals surface area (Å²) in [5.41, 5.74) is -0.309. The molecule has 0 spiro atoms. The Balaban J connectivity index is 2.03. The molecule has 3 nitrogen and oxygen atoms in total. The molecule has 0 aromatic rings. The van der Waals surface area contributed by atoms with Crippen molar-refractivity contribution in [3.05, 3.63) is 0 Å². The molecule has 2 fully saturated rings. The third-order valence-corrected chi connectivity index (χ3v) is 4.63. The predicted molar refractivity (Wildman–Crippen MR) is 64.4 cm³/mol. The second kappa shape index (κ2) is 4.43. The van der Waals surface area contributed by atoms with Crippen LogP contribution < -0.4 is 0 Å². The molecule has 1 aliphatic carbocycles. The summed E-state index contributed by atoms with van der Waals surface area (Å²) in [6, 6.07) is 0. The maximum atomic E-state index is 12.2. The van der Waals surface area contributed by atoms with Crippen LogP contribution in [0.2, 0.25) is 0 Å². The van der Waals surface area contributed by atoms with Crippen molar-refractivity contribution in [2.45, 2.75) is 59.0 Å². The largest absolute Gasteiger partial charge is 0.462 e. The fraction of sp³-hybridized carbons (Fsp3) is 0.857. The molecule has 0 aromatic heterocycles. The van der Waals surface area contributed by atoms with Gasteiger partial charge in [-0.1, -0.05) is 20.8 Å². The van der Waals surface area contributed by atoms with E-state index < -0.39 is 0 Å². The van der Waals surface area contributed by atoms with Gasteiger partial charge in [0.15, 0.2) is 0 Å². The fourth-order valence-electron chi connectivity index (χ4n) is 2.88. The van der Waals surface area contributed by atoms with E-state index in [4.69, 9.17) is 4.74 Å². The van der Waals surface area contributed by atoms with Gasteiger partial charge in [-0.3, -0.25) is 9.59 Å². The third-order valence-electron chi connectivity index (χ3n) is 4.63. The van der Waals surface area contributed by atoms with Gasteiger partial charge in [-0.2, -0.15) is 0 Å². The highest BCUT2D eigenvalue weighted by Gasteiger charge is 2.48. The number of rotatable bonds is 4. The summed E-state index contributed by atoms with van der Waals surface area (Å²) in [7, 11) is 0. The summed E-state index contributed by atoms with van der Waals surface area (Å²) in [5.74, 6) is 0.203. The van der Waals surface area contributed by atoms with Crippen LogP contribution in [-0.4, -0.2) is 17.9 Å². The lowest BCUT2D eigenvalue weighted by Crippen LogP contribution is -2.29. The molecule has 1 saturated carbocycles. The van der Waals surface area contributed by atoms with Crippen LogP contribution in [0.5, 0.6) is 0 Å². The molecule has 0 bridgehead atoms. The SMILES string of the molecule is CCC(C)(C)C(=O)CC1C(=O)OC2CCCC21. The normalized spacial score (nSPS) is 32.4. The molecular weight excluding hydrogens is 216 g/mol. The summed E-state index contributed by atoms with van der Waals surface area (Å²) < 4.78 is 5.35. The predicted octanol–water partition coefficient (Wildman–Crippen LogP) is 2.72. The van der Waals surface area contributed by atoms with Crippen LogP contribution in [0.4, 0.5) is 0 Å². The molecule has 0 amide bonds. The first-order chi connectivity index (χ1) is 7.95. The van der Waals surface area contributed by atoms with Gasteiger partial charge in [0.25, 0.3) is 0 Å². The van der Waals surface area contributed by atoms with Crippen LogP contribution in [0.25, 0.3) is 0 Å². The maximum absolute atomic E-state index is 12.2. The third kappa shape index (κ3) is 2.24. The molecule has 96 valence electrons. The quantitative estimate of drug-likeness (QED) is 0.707. The van der Waals surface area contributed by atoms with E-state index in [0.29, 0.717) is 12.3 Å². The van der Waals surface area contributed by atoms with Crippen molar-refractivity contribution in [3.63, 3.8) is 0 Å². The molecule has 2 aliphatic rings. The van der Waals surface area contributed by atoms with E-state index in [1.54, 1.807) is 0 Å². The number of esters is 1. The average molecular weight is 238 g/mol. The Morgan fingerprint density at radius 1 is 1.41 bits per heavy atom. The zero-order valence-corrected chi connectivity index (χ0v) is 11.0. The number of hydrogen-bond donors (Lipinski definition) is 0. The van der Waals surface area contributed by atoms with Gasteiger partial charge in [0, 0.05) is 17.8 Å². The molecule has 0 aromatic carbocycles. The number of carbonyl (C=O) groups is 2. The van der Waals surface area contributed by atoms with Crippen molar-refractivity contribution in [2.24, 2.45) is 17.3 Å². The molecule has 0 N–H and O–H groups in total. The molecule has 0 radical (unpaired) electrons. The molecule has 3 unspecified atom stereocenters. The van der Waals surface area contributed by atoms with Crippen molar-refractivity contribution >= 4 is 11.8 Å². The van der Waals surface area contributed by atoms with Crippen LogP contribution >= 0.6 is 0 Å². The van der Waals surface area contributed by atoms with Crippen LogP contribution in [0.1, 0.15) is 52.9 Å². The second-order valence-electron chi connectivity index (χ2n) is 6.04. The monoisotopic (exact) mass is 238 g/mol. The van der Waals surface area contributed by atoms with Crippen molar-refractivity contribution in [3.8, 4) is 0 Å². The van der Waals surface area contributed by atoms with Gasteiger partial charge in [0.05, 0.1) is 5.92 Å². The minimum absolute atomic E-state index is 0.102. The minimum Gasteiger partial charge on any atom is -0.462 e. The molecular formula is C14H22O3. The van der Waals surface area contributed by atoms with Crippen molar-refractivity contribution in [1.82, 2.24) is 0 Å². The Kier molecular flexibility index (Phi) is 3.28. The Labute approximate surface area is 103 Å². The van der Waals surface area contributed by atoms with E-state index in [1.807, 2.05) is 20.8 Å². The lowest BCUT2D eigenvalue weighted by molar-refractivity contribution is -0.146. The van der Waals surface area contributed by atoms with Crippen LogP contribution in [0.15, 0.2) is 0 Å². The Morgan fingerprint density at radius 3 is 2.76 bits per heavy atom. The maximum Gasteiger partial charge on any atom is 0.310 e. The topological polar surface area (TPSA) is 43.4 Å². The highest BCUT2D eigenvalue weighted by molar-refractivity contribution is 5.89. The van der Waals surface area contributed by atoms with Gasteiger partial charge in [0.1, 0.15) is 11.9 Å². The second-order valence-corrected chi connectivity index (χ2v) is 6.04. The molecule has 3 atom stereocenters. The van der Waals surface area contributed by atoms with Crippen molar-refractivity contribution in [1.29, 1.82) is 0 Å². The molecule has 3 heteroatoms. The fourth-order valence-corrected chi connectivity index (χ4v) is 2.88. The molecule has 1 heterocycles. The Bertz CT molecular complexity index is 332. The van der Waals surface area contributed by atoms with Gasteiger partial charge in [-0.15, -0.1) is 0 Å². The highest BCUT2D eigenvalue weighted by Crippen LogP contribution is 2.43. The summed E-state index contributed by atoms with van der Waals surface area (Å²) in [6.07, 6.45) is 4.46. The zero-order chi connectivity index (χ0) is 12.6. The summed E-state index contributed by atoms with van der Waals surface area (Å²) in [4.78, 5) is 23.9. The Hall–Kier alpha value is -0.860. The van der Waals surface area contributed by atoms with Crippen LogP contribution in [0.3, 0.4) is 0 Å². The summed E-state index contributed by atoms with van der Waals surface area (Å²) in [6.45, 7) is 5.94. The average Bonchev–Trinajstić information content (AvgIpc) is 2.82. The van der Waals surface area contributed by atoms with Gasteiger partial charge in [-0.05, 0) is 25.7 Å². The summed E-state index contributed by atoms with van der Waals surface area (Å²) >= 11 is 0. The van der Waals surface area contributed by atoms with Crippen LogP contribution in [-0.2, 0) is 14.3 Å². The van der Waals surface area contributed by atoms with E-state index in [1.165, 1.54) is 0 Å². The van der Waals surface area contributed by atoms with E-state index in [2.05, 4.69) is 0 Å². The zero-order valence-electron chi connectivity index (χ0n) is 11.0. The van der Waals surface area contributed by atoms with E-state index in [9.17, 15) is 9.59 Å². The van der Waals surface area contributed by atoms with Crippen molar-refractivity contribution in [2.75, 3.05) is 0 Å². The number of fused-ring (bicyclic) bond motifs is 1. The number of Topliss-reactive ketones (excluding diaryl/α,β-unsaturated/α-hetero) is 1. The van der Waals surface area contributed by atoms with Gasteiger partial charge in [0.2, 0.25) is 0 Å². The standard InChI is InChI=1S/C14H22O3/c1-4-14(2,3)12(15)8-10-9-6-5-7-11(9)17-13(10)16/h9-11H,4-8H2,1-3H3. The Morgan fingerprint density at radius 2 is 2.12 bits per heavy atom. The van der Waals surface area contributed by atoms with E-state index in [0.717, 1.165) is 25.7 Å². The van der Waals surface area contributed by atoms with Crippen molar-refractivity contribution < 1.29 is 14.3 Å². The van der Waals surface area contributed by atoms with E-state index >= 15 is 0 Å².